The molecule has 0 bridgehead atoms. The van der Waals surface area contributed by atoms with Crippen LogP contribution in [0.4, 0.5) is 15.8 Å². The van der Waals surface area contributed by atoms with Crippen LogP contribution in [0.3, 0.4) is 0 Å². The number of nitrogens with one attached hydrogen (secondary N) is 1. The molecule has 1 atom stereocenters. The molecule has 2 aliphatic rings. The molecule has 8 heteroatoms. The minimum absolute atomic E-state index is 0.00190. The number of piperidine rings is 1. The number of carbonyl (C=O) groups excluding carboxylic acids is 3. The highest BCUT2D eigenvalue weighted by atomic mass is 19.1. The molecule has 7 nitrogen and oxygen atoms in total. The van der Waals surface area contributed by atoms with Crippen LogP contribution in [0, 0.1) is 11.7 Å². The molecular weight excluding hydrogens is 389 g/mol. The quantitative estimate of drug-likeness (QED) is 0.596. The first-order chi connectivity index (χ1) is 14.5. The molecule has 0 aromatic heterocycles. The number of phenols is 1. The van der Waals surface area contributed by atoms with Crippen LogP contribution < -0.4 is 10.2 Å². The fourth-order valence-corrected chi connectivity index (χ4v) is 4.07. The normalized spacial score (nSPS) is 20.6. The summed E-state index contributed by atoms with van der Waals surface area (Å²) in [5, 5.41) is 12.5. The SMILES string of the molecule is O=C(Nc1ccccc1O)C1CCN(C2CC(=O)N(c3ccccc3F)C2=O)CC1. The molecule has 4 rings (SSSR count). The number of aromatic hydroxyl groups is 1. The van der Waals surface area contributed by atoms with Crippen LogP contribution in [0.1, 0.15) is 19.3 Å². The topological polar surface area (TPSA) is 89.9 Å². The molecule has 0 spiro atoms. The first-order valence-corrected chi connectivity index (χ1v) is 9.90. The van der Waals surface area contributed by atoms with E-state index in [9.17, 15) is 23.9 Å². The van der Waals surface area contributed by atoms with Gasteiger partial charge in [-0.15, -0.1) is 0 Å². The van der Waals surface area contributed by atoms with Gasteiger partial charge in [0.1, 0.15) is 11.6 Å². The van der Waals surface area contributed by atoms with Gasteiger partial charge in [0, 0.05) is 5.92 Å². The van der Waals surface area contributed by atoms with Gasteiger partial charge in [-0.2, -0.15) is 0 Å². The Labute approximate surface area is 173 Å². The second-order valence-corrected chi connectivity index (χ2v) is 7.56. The third-order valence-electron chi connectivity index (χ3n) is 5.72. The fraction of sp³-hybridized carbons (Fsp3) is 0.318. The highest BCUT2D eigenvalue weighted by Crippen LogP contribution is 2.31. The molecule has 1 unspecified atom stereocenters. The lowest BCUT2D eigenvalue weighted by Crippen LogP contribution is -2.47. The molecule has 2 saturated heterocycles. The Hall–Kier alpha value is -3.26. The van der Waals surface area contributed by atoms with Crippen molar-refractivity contribution in [2.45, 2.75) is 25.3 Å². The number of amides is 3. The molecule has 2 aliphatic heterocycles. The van der Waals surface area contributed by atoms with Crippen molar-refractivity contribution in [2.24, 2.45) is 5.92 Å². The number of anilines is 2. The van der Waals surface area contributed by atoms with E-state index in [-0.39, 0.29) is 29.7 Å². The molecule has 156 valence electrons. The monoisotopic (exact) mass is 411 g/mol. The summed E-state index contributed by atoms with van der Waals surface area (Å²) in [6.07, 6.45) is 1.05. The van der Waals surface area contributed by atoms with Gasteiger partial charge in [-0.3, -0.25) is 19.3 Å². The van der Waals surface area contributed by atoms with E-state index in [1.165, 1.54) is 24.3 Å². The van der Waals surface area contributed by atoms with Crippen LogP contribution in [-0.4, -0.2) is 46.9 Å². The lowest BCUT2D eigenvalue weighted by molar-refractivity contribution is -0.123. The number of rotatable bonds is 4. The molecule has 2 N–H and O–H groups in total. The van der Waals surface area contributed by atoms with Crippen molar-refractivity contribution in [3.8, 4) is 5.75 Å². The Balaban J connectivity index is 1.38. The number of phenolic OH excluding ortho intramolecular Hbond substituents is 1. The van der Waals surface area contributed by atoms with Crippen molar-refractivity contribution in [1.29, 1.82) is 0 Å². The standard InChI is InChI=1S/C22H22FN3O4/c23-15-5-1-3-7-17(15)26-20(28)13-18(22(26)30)25-11-9-14(10-12-25)21(29)24-16-6-2-4-8-19(16)27/h1-8,14,18,27H,9-13H2,(H,24,29). The van der Waals surface area contributed by atoms with Crippen molar-refractivity contribution < 1.29 is 23.9 Å². The molecule has 2 aromatic rings. The molecule has 3 amide bonds. The third kappa shape index (κ3) is 3.78. The van der Waals surface area contributed by atoms with Crippen LogP contribution in [0.5, 0.6) is 5.75 Å². The van der Waals surface area contributed by atoms with Gasteiger partial charge in [0.25, 0.3) is 5.91 Å². The first kappa shape index (κ1) is 20.0. The van der Waals surface area contributed by atoms with Crippen LogP contribution >= 0.6 is 0 Å². The van der Waals surface area contributed by atoms with Gasteiger partial charge in [0.15, 0.2) is 0 Å². The summed E-state index contributed by atoms with van der Waals surface area (Å²) in [5.41, 5.74) is 0.342. The van der Waals surface area contributed by atoms with E-state index < -0.39 is 23.7 Å². The predicted molar refractivity (Wildman–Crippen MR) is 108 cm³/mol. The van der Waals surface area contributed by atoms with Crippen molar-refractivity contribution in [1.82, 2.24) is 4.90 Å². The number of imide groups is 1. The molecule has 0 saturated carbocycles. The number of likely N-dealkylation sites (tertiary alicyclic amines) is 1. The summed E-state index contributed by atoms with van der Waals surface area (Å²) in [5.74, 6) is -1.89. The number of carbonyl (C=O) groups is 3. The lowest BCUT2D eigenvalue weighted by Gasteiger charge is -2.34. The number of halogens is 1. The Morgan fingerprint density at radius 1 is 1.03 bits per heavy atom. The Bertz CT molecular complexity index is 988. The molecule has 2 fully saturated rings. The van der Waals surface area contributed by atoms with Crippen LogP contribution in [0.25, 0.3) is 0 Å². The zero-order valence-corrected chi connectivity index (χ0v) is 16.3. The van der Waals surface area contributed by atoms with E-state index >= 15 is 0 Å². The van der Waals surface area contributed by atoms with Gasteiger partial charge < -0.3 is 10.4 Å². The van der Waals surface area contributed by atoms with E-state index in [0.29, 0.717) is 31.6 Å². The largest absolute Gasteiger partial charge is 0.506 e. The average Bonchev–Trinajstić information content (AvgIpc) is 3.04. The van der Waals surface area contributed by atoms with E-state index in [1.54, 1.807) is 24.3 Å². The van der Waals surface area contributed by atoms with Gasteiger partial charge in [0.05, 0.1) is 23.8 Å². The Kier molecular flexibility index (Phi) is 5.50. The van der Waals surface area contributed by atoms with E-state index in [1.807, 2.05) is 4.90 Å². The number of hydrogen-bond acceptors (Lipinski definition) is 5. The Morgan fingerprint density at radius 2 is 1.70 bits per heavy atom. The molecule has 2 heterocycles. The second-order valence-electron chi connectivity index (χ2n) is 7.56. The van der Waals surface area contributed by atoms with Crippen molar-refractivity contribution >= 4 is 29.1 Å². The van der Waals surface area contributed by atoms with E-state index in [0.717, 1.165) is 4.90 Å². The van der Waals surface area contributed by atoms with Gasteiger partial charge >= 0.3 is 0 Å². The summed E-state index contributed by atoms with van der Waals surface area (Å²) in [6.45, 7) is 0.960. The summed E-state index contributed by atoms with van der Waals surface area (Å²) < 4.78 is 14.1. The highest BCUT2D eigenvalue weighted by Gasteiger charge is 2.44. The van der Waals surface area contributed by atoms with E-state index in [4.69, 9.17) is 0 Å². The minimum atomic E-state index is -0.640. The lowest BCUT2D eigenvalue weighted by atomic mass is 9.94. The highest BCUT2D eigenvalue weighted by molar-refractivity contribution is 6.22. The maximum absolute atomic E-state index is 14.1. The molecule has 2 aromatic carbocycles. The van der Waals surface area contributed by atoms with Crippen molar-refractivity contribution in [3.05, 3.63) is 54.3 Å². The van der Waals surface area contributed by atoms with Gasteiger partial charge in [-0.05, 0) is 50.2 Å². The summed E-state index contributed by atoms with van der Waals surface area (Å²) in [4.78, 5) is 40.6. The van der Waals surface area contributed by atoms with E-state index in [2.05, 4.69) is 5.32 Å². The average molecular weight is 411 g/mol. The Morgan fingerprint density at radius 3 is 2.40 bits per heavy atom. The molecule has 30 heavy (non-hydrogen) atoms. The van der Waals surface area contributed by atoms with Crippen LogP contribution in [0.15, 0.2) is 48.5 Å². The zero-order chi connectivity index (χ0) is 21.3. The predicted octanol–water partition coefficient (Wildman–Crippen LogP) is 2.51. The van der Waals surface area contributed by atoms with Crippen molar-refractivity contribution in [2.75, 3.05) is 23.3 Å². The number of benzene rings is 2. The molecule has 0 radical (unpaired) electrons. The maximum atomic E-state index is 14.1. The number of nitrogens with zero attached hydrogens (tertiary/aromatic N) is 2. The number of hydrogen-bond donors (Lipinski definition) is 2. The van der Waals surface area contributed by atoms with Gasteiger partial charge in [-0.1, -0.05) is 24.3 Å². The summed E-state index contributed by atoms with van der Waals surface area (Å²) in [7, 11) is 0. The second kappa shape index (κ2) is 8.23. The number of para-hydroxylation sites is 3. The van der Waals surface area contributed by atoms with Crippen LogP contribution in [-0.2, 0) is 14.4 Å². The van der Waals surface area contributed by atoms with Gasteiger partial charge in [0.2, 0.25) is 11.8 Å². The van der Waals surface area contributed by atoms with Crippen LogP contribution in [0.2, 0.25) is 0 Å². The summed E-state index contributed by atoms with van der Waals surface area (Å²) >= 11 is 0. The minimum Gasteiger partial charge on any atom is -0.506 e. The zero-order valence-electron chi connectivity index (χ0n) is 16.3. The maximum Gasteiger partial charge on any atom is 0.251 e. The summed E-state index contributed by atoms with van der Waals surface area (Å²) in [6, 6.07) is 11.6. The van der Waals surface area contributed by atoms with Crippen molar-refractivity contribution in [3.63, 3.8) is 0 Å². The molecular formula is C22H22FN3O4. The third-order valence-corrected chi connectivity index (χ3v) is 5.72. The molecule has 0 aliphatic carbocycles. The first-order valence-electron chi connectivity index (χ1n) is 9.90. The fourth-order valence-electron chi connectivity index (χ4n) is 4.07. The smallest absolute Gasteiger partial charge is 0.251 e. The van der Waals surface area contributed by atoms with Gasteiger partial charge in [-0.25, -0.2) is 9.29 Å².